The monoisotopic (exact) mass is 252 g/mol. The van der Waals surface area contributed by atoms with E-state index >= 15 is 0 Å². The summed E-state index contributed by atoms with van der Waals surface area (Å²) < 4.78 is 0. The van der Waals surface area contributed by atoms with Gasteiger partial charge in [0, 0.05) is 0 Å². The topological polar surface area (TPSA) is 0 Å². The van der Waals surface area contributed by atoms with Gasteiger partial charge in [0.05, 0.1) is 0 Å². The summed E-state index contributed by atoms with van der Waals surface area (Å²) in [4.78, 5) is 0. The predicted octanol–water partition coefficient (Wildman–Crippen LogP) is 6.73. The molecule has 0 aromatic rings. The van der Waals surface area contributed by atoms with E-state index in [2.05, 4.69) is 27.7 Å². The second-order valence-corrected chi connectivity index (χ2v) is 7.14. The molecule has 0 heterocycles. The molecule has 0 amide bonds. The van der Waals surface area contributed by atoms with Crippen LogP contribution < -0.4 is 0 Å². The standard InChI is InChI=1S/C18H36/c1-5-18(6-2,7-3)16-10-8-9-13-17(4)14-11-12-15-17/h5-16H2,1-4H3. The van der Waals surface area contributed by atoms with Crippen LogP contribution in [-0.4, -0.2) is 0 Å². The van der Waals surface area contributed by atoms with E-state index in [1.54, 1.807) is 0 Å². The maximum Gasteiger partial charge on any atom is -0.0305 e. The molecule has 0 heteroatoms. The minimum Gasteiger partial charge on any atom is -0.0649 e. The van der Waals surface area contributed by atoms with E-state index in [0.29, 0.717) is 5.41 Å². The molecule has 1 aliphatic rings. The Labute approximate surface area is 116 Å². The lowest BCUT2D eigenvalue weighted by Crippen LogP contribution is -2.17. The van der Waals surface area contributed by atoms with Crippen LogP contribution >= 0.6 is 0 Å². The lowest BCUT2D eigenvalue weighted by molar-refractivity contribution is 0.216. The van der Waals surface area contributed by atoms with E-state index in [1.807, 2.05) is 0 Å². The van der Waals surface area contributed by atoms with Gasteiger partial charge in [-0.2, -0.15) is 0 Å². The van der Waals surface area contributed by atoms with Crippen LogP contribution in [0.1, 0.15) is 105 Å². The molecular weight excluding hydrogens is 216 g/mol. The highest BCUT2D eigenvalue weighted by molar-refractivity contribution is 4.80. The molecule has 0 aromatic carbocycles. The van der Waals surface area contributed by atoms with Crippen molar-refractivity contribution in [1.82, 2.24) is 0 Å². The first-order valence-corrected chi connectivity index (χ1v) is 8.60. The van der Waals surface area contributed by atoms with Crippen LogP contribution in [0.5, 0.6) is 0 Å². The van der Waals surface area contributed by atoms with Crippen LogP contribution in [0.15, 0.2) is 0 Å². The van der Waals surface area contributed by atoms with Crippen molar-refractivity contribution >= 4 is 0 Å². The van der Waals surface area contributed by atoms with Crippen LogP contribution in [0.2, 0.25) is 0 Å². The van der Waals surface area contributed by atoms with E-state index in [0.717, 1.165) is 5.41 Å². The molecule has 0 bridgehead atoms. The Kier molecular flexibility index (Phi) is 6.74. The Morgan fingerprint density at radius 2 is 1.39 bits per heavy atom. The third kappa shape index (κ3) is 4.59. The molecule has 0 N–H and O–H groups in total. The lowest BCUT2D eigenvalue weighted by atomic mass is 9.75. The molecule has 0 nitrogen and oxygen atoms in total. The fourth-order valence-corrected chi connectivity index (χ4v) is 3.99. The van der Waals surface area contributed by atoms with Crippen molar-refractivity contribution in [1.29, 1.82) is 0 Å². The molecule has 1 rings (SSSR count). The number of rotatable bonds is 9. The summed E-state index contributed by atoms with van der Waals surface area (Å²) in [6.45, 7) is 9.67. The predicted molar refractivity (Wildman–Crippen MR) is 83.0 cm³/mol. The van der Waals surface area contributed by atoms with E-state index < -0.39 is 0 Å². The lowest BCUT2D eigenvalue weighted by Gasteiger charge is -2.30. The summed E-state index contributed by atoms with van der Waals surface area (Å²) in [5.74, 6) is 0. The van der Waals surface area contributed by atoms with Crippen molar-refractivity contribution in [2.75, 3.05) is 0 Å². The second kappa shape index (κ2) is 7.56. The summed E-state index contributed by atoms with van der Waals surface area (Å²) in [6, 6.07) is 0. The van der Waals surface area contributed by atoms with Crippen LogP contribution in [0.25, 0.3) is 0 Å². The maximum atomic E-state index is 2.52. The van der Waals surface area contributed by atoms with Gasteiger partial charge in [-0.05, 0) is 36.5 Å². The van der Waals surface area contributed by atoms with Gasteiger partial charge in [-0.25, -0.2) is 0 Å². The summed E-state index contributed by atoms with van der Waals surface area (Å²) in [5, 5.41) is 0. The van der Waals surface area contributed by atoms with Crippen LogP contribution in [0.4, 0.5) is 0 Å². The Balaban J connectivity index is 2.14. The normalized spacial score (nSPS) is 19.3. The molecule has 1 saturated carbocycles. The highest BCUT2D eigenvalue weighted by atomic mass is 14.3. The fraction of sp³-hybridized carbons (Fsp3) is 1.00. The van der Waals surface area contributed by atoms with Gasteiger partial charge in [-0.15, -0.1) is 0 Å². The van der Waals surface area contributed by atoms with E-state index in [-0.39, 0.29) is 0 Å². The summed E-state index contributed by atoms with van der Waals surface area (Å²) in [7, 11) is 0. The Hall–Kier alpha value is 0. The second-order valence-electron chi connectivity index (χ2n) is 7.14. The van der Waals surface area contributed by atoms with Crippen LogP contribution in [-0.2, 0) is 0 Å². The van der Waals surface area contributed by atoms with Crippen molar-refractivity contribution in [3.8, 4) is 0 Å². The molecule has 0 aliphatic heterocycles. The van der Waals surface area contributed by atoms with Crippen molar-refractivity contribution in [3.63, 3.8) is 0 Å². The Morgan fingerprint density at radius 1 is 0.833 bits per heavy atom. The molecular formula is C18H36. The van der Waals surface area contributed by atoms with Gasteiger partial charge >= 0.3 is 0 Å². The number of hydrogen-bond donors (Lipinski definition) is 0. The highest BCUT2D eigenvalue weighted by Crippen LogP contribution is 2.42. The largest absolute Gasteiger partial charge is 0.0649 e. The molecule has 0 atom stereocenters. The Bertz CT molecular complexity index is 198. The van der Waals surface area contributed by atoms with Crippen molar-refractivity contribution in [2.24, 2.45) is 10.8 Å². The molecule has 18 heavy (non-hydrogen) atoms. The summed E-state index contributed by atoms with van der Waals surface area (Å²) in [6.07, 6.45) is 17.4. The quantitative estimate of drug-likeness (QED) is 0.399. The van der Waals surface area contributed by atoms with Crippen molar-refractivity contribution < 1.29 is 0 Å². The van der Waals surface area contributed by atoms with Crippen LogP contribution in [0.3, 0.4) is 0 Å². The van der Waals surface area contributed by atoms with Gasteiger partial charge in [0.25, 0.3) is 0 Å². The smallest absolute Gasteiger partial charge is 0.0305 e. The minimum atomic E-state index is 0.664. The molecule has 1 aliphatic carbocycles. The van der Waals surface area contributed by atoms with E-state index in [1.165, 1.54) is 77.0 Å². The minimum absolute atomic E-state index is 0.664. The first-order chi connectivity index (χ1) is 8.60. The zero-order chi connectivity index (χ0) is 13.5. The molecule has 0 spiro atoms. The average Bonchev–Trinajstić information content (AvgIpc) is 2.82. The molecule has 108 valence electrons. The summed E-state index contributed by atoms with van der Waals surface area (Å²) in [5.41, 5.74) is 1.38. The first kappa shape index (κ1) is 16.1. The first-order valence-electron chi connectivity index (χ1n) is 8.60. The van der Waals surface area contributed by atoms with Gasteiger partial charge in [0.1, 0.15) is 0 Å². The number of unbranched alkanes of at least 4 members (excludes halogenated alkanes) is 2. The zero-order valence-corrected chi connectivity index (χ0v) is 13.5. The molecule has 0 radical (unpaired) electrons. The zero-order valence-electron chi connectivity index (χ0n) is 13.5. The fourth-order valence-electron chi connectivity index (χ4n) is 3.99. The third-order valence-electron chi connectivity index (χ3n) is 6.05. The number of hydrogen-bond acceptors (Lipinski definition) is 0. The maximum absolute atomic E-state index is 2.52. The highest BCUT2D eigenvalue weighted by Gasteiger charge is 2.28. The van der Waals surface area contributed by atoms with E-state index in [9.17, 15) is 0 Å². The average molecular weight is 252 g/mol. The summed E-state index contributed by atoms with van der Waals surface area (Å²) >= 11 is 0. The van der Waals surface area contributed by atoms with Crippen molar-refractivity contribution in [3.05, 3.63) is 0 Å². The van der Waals surface area contributed by atoms with Gasteiger partial charge in [0.2, 0.25) is 0 Å². The van der Waals surface area contributed by atoms with Gasteiger partial charge in [-0.3, -0.25) is 0 Å². The van der Waals surface area contributed by atoms with Gasteiger partial charge in [0.15, 0.2) is 0 Å². The van der Waals surface area contributed by atoms with Crippen molar-refractivity contribution in [2.45, 2.75) is 105 Å². The molecule has 1 fully saturated rings. The third-order valence-corrected chi connectivity index (χ3v) is 6.05. The van der Waals surface area contributed by atoms with Gasteiger partial charge < -0.3 is 0 Å². The Morgan fingerprint density at radius 3 is 1.89 bits per heavy atom. The molecule has 0 unspecified atom stereocenters. The molecule has 0 aromatic heterocycles. The SMILES string of the molecule is CCC(CC)(CC)CCCCCC1(C)CCCC1. The van der Waals surface area contributed by atoms with Gasteiger partial charge in [-0.1, -0.05) is 79.1 Å². The molecule has 0 saturated heterocycles. The van der Waals surface area contributed by atoms with Crippen LogP contribution in [0, 0.1) is 10.8 Å². The van der Waals surface area contributed by atoms with E-state index in [4.69, 9.17) is 0 Å².